The van der Waals surface area contributed by atoms with Crippen LogP contribution in [0.1, 0.15) is 26.2 Å². The molecular weight excluding hydrogens is 206 g/mol. The lowest BCUT2D eigenvalue weighted by Gasteiger charge is -2.34. The van der Waals surface area contributed by atoms with E-state index in [0.717, 1.165) is 13.0 Å². The summed E-state index contributed by atoms with van der Waals surface area (Å²) in [6, 6.07) is -0.268. The number of hydrogen-bond acceptors (Lipinski definition) is 3. The predicted octanol–water partition coefficient (Wildman–Crippen LogP) is -0.277. The van der Waals surface area contributed by atoms with Gasteiger partial charge >= 0.3 is 0 Å². The van der Waals surface area contributed by atoms with E-state index < -0.39 is 0 Å². The minimum atomic E-state index is -0.268. The highest BCUT2D eigenvalue weighted by Gasteiger charge is 2.30. The zero-order chi connectivity index (χ0) is 12.0. The summed E-state index contributed by atoms with van der Waals surface area (Å²) >= 11 is 0. The number of nitrogens with zero attached hydrogens (tertiary/aromatic N) is 1. The number of rotatable bonds is 5. The minimum absolute atomic E-state index is 0.0179. The molecular formula is C11H21N3O2. The Labute approximate surface area is 96.6 Å². The molecule has 1 aliphatic rings. The summed E-state index contributed by atoms with van der Waals surface area (Å²) in [5.41, 5.74) is 0. The van der Waals surface area contributed by atoms with Crippen molar-refractivity contribution in [1.82, 2.24) is 15.5 Å². The standard InChI is InChI=1S/C11H21N3O2/c1-3-9-11(16)13-7-8-14(9)10(15)5-4-6-12-2/h9,12H,3-8H2,1-2H3,(H,13,16). The zero-order valence-corrected chi connectivity index (χ0v) is 10.1. The number of hydrogen-bond donors (Lipinski definition) is 2. The van der Waals surface area contributed by atoms with Crippen molar-refractivity contribution in [2.24, 2.45) is 0 Å². The molecule has 0 aromatic rings. The van der Waals surface area contributed by atoms with Gasteiger partial charge in [-0.1, -0.05) is 6.92 Å². The van der Waals surface area contributed by atoms with E-state index >= 15 is 0 Å². The van der Waals surface area contributed by atoms with E-state index in [9.17, 15) is 9.59 Å². The maximum atomic E-state index is 11.9. The lowest BCUT2D eigenvalue weighted by atomic mass is 10.1. The Morgan fingerprint density at radius 1 is 1.62 bits per heavy atom. The van der Waals surface area contributed by atoms with Crippen molar-refractivity contribution in [3.8, 4) is 0 Å². The summed E-state index contributed by atoms with van der Waals surface area (Å²) in [5.74, 6) is 0.0765. The molecule has 0 aromatic heterocycles. The highest BCUT2D eigenvalue weighted by Crippen LogP contribution is 2.10. The van der Waals surface area contributed by atoms with Gasteiger partial charge in [0, 0.05) is 19.5 Å². The van der Waals surface area contributed by atoms with Crippen LogP contribution in [0.2, 0.25) is 0 Å². The zero-order valence-electron chi connectivity index (χ0n) is 10.1. The van der Waals surface area contributed by atoms with Gasteiger partial charge in [0.05, 0.1) is 0 Å². The topological polar surface area (TPSA) is 61.4 Å². The second-order valence-electron chi connectivity index (χ2n) is 4.01. The first-order chi connectivity index (χ1) is 7.70. The van der Waals surface area contributed by atoms with Crippen molar-refractivity contribution in [2.75, 3.05) is 26.7 Å². The molecule has 0 bridgehead atoms. The van der Waals surface area contributed by atoms with Crippen LogP contribution < -0.4 is 10.6 Å². The molecule has 5 nitrogen and oxygen atoms in total. The van der Waals surface area contributed by atoms with E-state index in [2.05, 4.69) is 10.6 Å². The summed E-state index contributed by atoms with van der Waals surface area (Å²) in [4.78, 5) is 25.2. The molecule has 16 heavy (non-hydrogen) atoms. The van der Waals surface area contributed by atoms with E-state index in [0.29, 0.717) is 25.9 Å². The fourth-order valence-electron chi connectivity index (χ4n) is 1.98. The van der Waals surface area contributed by atoms with Crippen LogP contribution >= 0.6 is 0 Å². The molecule has 2 N–H and O–H groups in total. The lowest BCUT2D eigenvalue weighted by Crippen LogP contribution is -2.56. The van der Waals surface area contributed by atoms with Crippen molar-refractivity contribution >= 4 is 11.8 Å². The molecule has 1 aliphatic heterocycles. The van der Waals surface area contributed by atoms with Gasteiger partial charge in [0.15, 0.2) is 0 Å². The van der Waals surface area contributed by atoms with Crippen molar-refractivity contribution in [3.05, 3.63) is 0 Å². The third-order valence-electron chi connectivity index (χ3n) is 2.86. The maximum Gasteiger partial charge on any atom is 0.242 e. The third-order valence-corrected chi connectivity index (χ3v) is 2.86. The molecule has 1 rings (SSSR count). The van der Waals surface area contributed by atoms with Crippen LogP contribution in [0.3, 0.4) is 0 Å². The molecule has 1 saturated heterocycles. The van der Waals surface area contributed by atoms with Gasteiger partial charge in [-0.05, 0) is 26.4 Å². The average molecular weight is 227 g/mol. The summed E-state index contributed by atoms with van der Waals surface area (Å²) in [7, 11) is 1.87. The highest BCUT2D eigenvalue weighted by molar-refractivity contribution is 5.88. The Bertz CT molecular complexity index is 256. The molecule has 1 atom stereocenters. The van der Waals surface area contributed by atoms with Gasteiger partial charge in [-0.25, -0.2) is 0 Å². The number of carbonyl (C=O) groups excluding carboxylic acids is 2. The molecule has 0 saturated carbocycles. The first kappa shape index (κ1) is 13.0. The minimum Gasteiger partial charge on any atom is -0.353 e. The van der Waals surface area contributed by atoms with Crippen LogP contribution in [0.4, 0.5) is 0 Å². The van der Waals surface area contributed by atoms with Crippen molar-refractivity contribution in [1.29, 1.82) is 0 Å². The molecule has 2 amide bonds. The Kier molecular flexibility index (Phi) is 5.25. The van der Waals surface area contributed by atoms with Crippen LogP contribution in [0.25, 0.3) is 0 Å². The van der Waals surface area contributed by atoms with Crippen molar-refractivity contribution < 1.29 is 9.59 Å². The Balaban J connectivity index is 2.48. The van der Waals surface area contributed by atoms with Crippen molar-refractivity contribution in [2.45, 2.75) is 32.2 Å². The Morgan fingerprint density at radius 2 is 2.38 bits per heavy atom. The number of amides is 2. The second-order valence-corrected chi connectivity index (χ2v) is 4.01. The van der Waals surface area contributed by atoms with Gasteiger partial charge in [-0.15, -0.1) is 0 Å². The van der Waals surface area contributed by atoms with Crippen LogP contribution in [-0.4, -0.2) is 49.4 Å². The summed E-state index contributed by atoms with van der Waals surface area (Å²) in [6.07, 6.45) is 2.03. The first-order valence-electron chi connectivity index (χ1n) is 5.92. The lowest BCUT2D eigenvalue weighted by molar-refractivity contribution is -0.143. The SMILES string of the molecule is CCC1C(=O)NCCN1C(=O)CCCNC. The maximum absolute atomic E-state index is 11.9. The van der Waals surface area contributed by atoms with Crippen LogP contribution in [0, 0.1) is 0 Å². The molecule has 1 heterocycles. The normalized spacial score (nSPS) is 20.8. The fraction of sp³-hybridized carbons (Fsp3) is 0.818. The van der Waals surface area contributed by atoms with Crippen LogP contribution in [0.5, 0.6) is 0 Å². The summed E-state index contributed by atoms with van der Waals surface area (Å²) in [5, 5.41) is 5.80. The molecule has 1 unspecified atom stereocenters. The van der Waals surface area contributed by atoms with Crippen molar-refractivity contribution in [3.63, 3.8) is 0 Å². The summed E-state index contributed by atoms with van der Waals surface area (Å²) < 4.78 is 0. The average Bonchev–Trinajstić information content (AvgIpc) is 2.29. The Hall–Kier alpha value is -1.10. The van der Waals surface area contributed by atoms with Gasteiger partial charge < -0.3 is 15.5 Å². The van der Waals surface area contributed by atoms with Gasteiger partial charge in [0.1, 0.15) is 6.04 Å². The molecule has 0 aromatic carbocycles. The summed E-state index contributed by atoms with van der Waals surface area (Å²) in [6.45, 7) is 3.99. The number of nitrogens with one attached hydrogen (secondary N) is 2. The molecule has 0 spiro atoms. The fourth-order valence-corrected chi connectivity index (χ4v) is 1.98. The number of carbonyl (C=O) groups is 2. The van der Waals surface area contributed by atoms with Gasteiger partial charge in [0.25, 0.3) is 0 Å². The molecule has 1 fully saturated rings. The smallest absolute Gasteiger partial charge is 0.242 e. The van der Waals surface area contributed by atoms with Gasteiger partial charge in [-0.3, -0.25) is 9.59 Å². The van der Waals surface area contributed by atoms with E-state index in [4.69, 9.17) is 0 Å². The largest absolute Gasteiger partial charge is 0.353 e. The van der Waals surface area contributed by atoms with Crippen LogP contribution in [-0.2, 0) is 9.59 Å². The second kappa shape index (κ2) is 6.48. The van der Waals surface area contributed by atoms with E-state index in [1.807, 2.05) is 14.0 Å². The quantitative estimate of drug-likeness (QED) is 0.635. The van der Waals surface area contributed by atoms with Gasteiger partial charge in [-0.2, -0.15) is 0 Å². The first-order valence-corrected chi connectivity index (χ1v) is 5.92. The predicted molar refractivity (Wildman–Crippen MR) is 62.0 cm³/mol. The molecule has 0 radical (unpaired) electrons. The van der Waals surface area contributed by atoms with Gasteiger partial charge in [0.2, 0.25) is 11.8 Å². The molecule has 0 aliphatic carbocycles. The third kappa shape index (κ3) is 3.20. The monoisotopic (exact) mass is 227 g/mol. The van der Waals surface area contributed by atoms with E-state index in [-0.39, 0.29) is 17.9 Å². The molecule has 5 heteroatoms. The highest BCUT2D eigenvalue weighted by atomic mass is 16.2. The molecule has 92 valence electrons. The van der Waals surface area contributed by atoms with Crippen LogP contribution in [0.15, 0.2) is 0 Å². The van der Waals surface area contributed by atoms with E-state index in [1.54, 1.807) is 4.90 Å². The van der Waals surface area contributed by atoms with E-state index in [1.165, 1.54) is 0 Å². The Morgan fingerprint density at radius 3 is 3.00 bits per heavy atom. The number of piperazine rings is 1.